The summed E-state index contributed by atoms with van der Waals surface area (Å²) in [6.07, 6.45) is 9.23. The molecule has 0 unspecified atom stereocenters. The zero-order valence-corrected chi connectivity index (χ0v) is 21.6. The molecule has 0 spiro atoms. The van der Waals surface area contributed by atoms with Crippen LogP contribution in [0.3, 0.4) is 0 Å². The first-order valence-corrected chi connectivity index (χ1v) is 12.9. The van der Waals surface area contributed by atoms with Crippen LogP contribution < -0.4 is 15.5 Å². The number of aldehydes is 1. The van der Waals surface area contributed by atoms with Crippen LogP contribution in [-0.4, -0.2) is 40.5 Å². The van der Waals surface area contributed by atoms with Gasteiger partial charge in [0, 0.05) is 42.5 Å². The first kappa shape index (κ1) is 25.0. The fraction of sp³-hybridized carbons (Fsp3) is 0.536. The van der Waals surface area contributed by atoms with E-state index in [2.05, 4.69) is 34.0 Å². The molecule has 1 aliphatic heterocycles. The fourth-order valence-corrected chi connectivity index (χ4v) is 5.04. The molecule has 0 bridgehead atoms. The second-order valence-electron chi connectivity index (χ2n) is 10.7. The van der Waals surface area contributed by atoms with Crippen LogP contribution in [-0.2, 0) is 11.3 Å². The Morgan fingerprint density at radius 3 is 2.69 bits per heavy atom. The lowest BCUT2D eigenvalue weighted by Crippen LogP contribution is -2.44. The molecule has 2 N–H and O–H groups in total. The Labute approximate surface area is 209 Å². The average molecular weight is 478 g/mol. The van der Waals surface area contributed by atoms with E-state index in [1.165, 1.54) is 0 Å². The average Bonchev–Trinajstić information content (AvgIpc) is 2.82. The Hall–Kier alpha value is -3.09. The molecule has 0 atom stereocenters. The van der Waals surface area contributed by atoms with Gasteiger partial charge < -0.3 is 20.3 Å². The summed E-state index contributed by atoms with van der Waals surface area (Å²) in [5.74, 6) is 2.32. The van der Waals surface area contributed by atoms with Gasteiger partial charge in [-0.05, 0) is 76.6 Å². The maximum absolute atomic E-state index is 11.4. The molecule has 4 rings (SSSR count). The number of aromatic nitrogens is 2. The maximum atomic E-state index is 11.4. The first-order valence-electron chi connectivity index (χ1n) is 12.9. The zero-order valence-electron chi connectivity index (χ0n) is 21.6. The lowest BCUT2D eigenvalue weighted by molar-refractivity contribution is 0.0367. The van der Waals surface area contributed by atoms with E-state index in [4.69, 9.17) is 9.72 Å². The van der Waals surface area contributed by atoms with Crippen LogP contribution in [0.5, 0.6) is 0 Å². The second kappa shape index (κ2) is 10.7. The van der Waals surface area contributed by atoms with Crippen molar-refractivity contribution in [1.82, 2.24) is 15.3 Å². The third-order valence-corrected chi connectivity index (χ3v) is 6.68. The third kappa shape index (κ3) is 6.13. The Morgan fingerprint density at radius 1 is 1.23 bits per heavy atom. The van der Waals surface area contributed by atoms with E-state index in [-0.39, 0.29) is 5.60 Å². The summed E-state index contributed by atoms with van der Waals surface area (Å²) in [5, 5.41) is 6.86. The lowest BCUT2D eigenvalue weighted by Gasteiger charge is -2.41. The highest BCUT2D eigenvalue weighted by molar-refractivity contribution is 5.85. The van der Waals surface area contributed by atoms with Crippen molar-refractivity contribution in [3.8, 4) is 11.1 Å². The Morgan fingerprint density at radius 2 is 2.00 bits per heavy atom. The van der Waals surface area contributed by atoms with E-state index in [1.54, 1.807) is 0 Å². The van der Waals surface area contributed by atoms with Crippen LogP contribution in [0, 0.1) is 0 Å². The highest BCUT2D eigenvalue weighted by Gasteiger charge is 2.33. The van der Waals surface area contributed by atoms with Gasteiger partial charge in [0.05, 0.1) is 0 Å². The molecule has 2 heterocycles. The number of carbonyl (C=O) groups excluding carboxylic acids is 1. The highest BCUT2D eigenvalue weighted by Crippen LogP contribution is 2.41. The van der Waals surface area contributed by atoms with E-state index >= 15 is 0 Å². The second-order valence-corrected chi connectivity index (χ2v) is 10.7. The minimum absolute atomic E-state index is 0.255. The number of benzene rings is 1. The highest BCUT2D eigenvalue weighted by atomic mass is 16.5. The third-order valence-electron chi connectivity index (χ3n) is 6.68. The molecule has 1 aliphatic carbocycles. The summed E-state index contributed by atoms with van der Waals surface area (Å²) in [6, 6.07) is 6.64. The smallest absolute Gasteiger partial charge is 0.224 e. The number of hydrogen-bond donors (Lipinski definition) is 2. The quantitative estimate of drug-likeness (QED) is 0.273. The fourth-order valence-electron chi connectivity index (χ4n) is 5.04. The normalized spacial score (nSPS) is 19.4. The topological polar surface area (TPSA) is 79.4 Å². The standard InChI is InChI=1S/C28H39N5O2/c1-6-7-14-29-27-30-16-25-24-13-8-20(18-34)15-21(24)17-33(26(25)32-27)23-11-9-22(10-12-23)31-19(2)35-28(3,4)5/h8,13,15-16,18,22-23,31H,2,6-7,9-12,14,17H2,1,3-5H3,(H,29,30,32)/t22-,23-. The number of ether oxygens (including phenoxy) is 1. The first-order chi connectivity index (χ1) is 16.8. The summed E-state index contributed by atoms with van der Waals surface area (Å²) < 4.78 is 5.88. The number of fused-ring (bicyclic) bond motifs is 3. The predicted molar refractivity (Wildman–Crippen MR) is 142 cm³/mol. The van der Waals surface area contributed by atoms with Gasteiger partial charge >= 0.3 is 0 Å². The summed E-state index contributed by atoms with van der Waals surface area (Å²) in [6.45, 7) is 14.0. The van der Waals surface area contributed by atoms with Crippen LogP contribution >= 0.6 is 0 Å². The molecule has 188 valence electrons. The van der Waals surface area contributed by atoms with E-state index in [0.717, 1.165) is 80.4 Å². The lowest BCUT2D eigenvalue weighted by atomic mass is 9.87. The number of carbonyl (C=O) groups is 1. The molecule has 1 fully saturated rings. The van der Waals surface area contributed by atoms with Crippen LogP contribution in [0.1, 0.15) is 82.1 Å². The minimum Gasteiger partial charge on any atom is -0.474 e. The van der Waals surface area contributed by atoms with Crippen molar-refractivity contribution in [2.45, 2.75) is 90.4 Å². The summed E-state index contributed by atoms with van der Waals surface area (Å²) in [5.41, 5.74) is 3.76. The van der Waals surface area contributed by atoms with Crippen molar-refractivity contribution >= 4 is 18.1 Å². The number of hydrogen-bond acceptors (Lipinski definition) is 7. The van der Waals surface area contributed by atoms with Gasteiger partial charge in [-0.25, -0.2) is 4.98 Å². The molecule has 1 aromatic carbocycles. The van der Waals surface area contributed by atoms with Gasteiger partial charge in [-0.1, -0.05) is 25.5 Å². The molecule has 0 amide bonds. The zero-order chi connectivity index (χ0) is 25.0. The number of anilines is 2. The van der Waals surface area contributed by atoms with Gasteiger partial charge in [0.25, 0.3) is 0 Å². The monoisotopic (exact) mass is 477 g/mol. The Kier molecular flexibility index (Phi) is 7.63. The molecular formula is C28H39N5O2. The van der Waals surface area contributed by atoms with Crippen LogP contribution in [0.15, 0.2) is 36.9 Å². The van der Waals surface area contributed by atoms with Crippen molar-refractivity contribution < 1.29 is 9.53 Å². The van der Waals surface area contributed by atoms with E-state index in [9.17, 15) is 4.79 Å². The Bertz CT molecular complexity index is 1050. The molecule has 0 radical (unpaired) electrons. The molecule has 0 saturated heterocycles. The van der Waals surface area contributed by atoms with Gasteiger partial charge in [-0.2, -0.15) is 4.98 Å². The Balaban J connectivity index is 1.53. The van der Waals surface area contributed by atoms with Gasteiger partial charge in [-0.3, -0.25) is 4.79 Å². The molecule has 7 heteroatoms. The summed E-state index contributed by atoms with van der Waals surface area (Å²) >= 11 is 0. The van der Waals surface area contributed by atoms with E-state index in [1.807, 2.05) is 45.2 Å². The SMILES string of the molecule is C=C(N[C@H]1CC[C@H](N2Cc3cc(C=O)ccc3-c3cnc(NCCCC)nc32)CC1)OC(C)(C)C. The van der Waals surface area contributed by atoms with Crippen LogP contribution in [0.2, 0.25) is 0 Å². The predicted octanol–water partition coefficient (Wildman–Crippen LogP) is 5.68. The molecular weight excluding hydrogens is 438 g/mol. The molecule has 35 heavy (non-hydrogen) atoms. The minimum atomic E-state index is -0.255. The van der Waals surface area contributed by atoms with Crippen LogP contribution in [0.25, 0.3) is 11.1 Å². The number of nitrogens with one attached hydrogen (secondary N) is 2. The summed E-state index contributed by atoms with van der Waals surface area (Å²) in [7, 11) is 0. The van der Waals surface area contributed by atoms with Crippen molar-refractivity contribution in [3.05, 3.63) is 48.0 Å². The van der Waals surface area contributed by atoms with Crippen molar-refractivity contribution in [1.29, 1.82) is 0 Å². The largest absolute Gasteiger partial charge is 0.474 e. The summed E-state index contributed by atoms with van der Waals surface area (Å²) in [4.78, 5) is 23.4. The molecule has 2 aliphatic rings. The van der Waals surface area contributed by atoms with Crippen LogP contribution in [0.4, 0.5) is 11.8 Å². The van der Waals surface area contributed by atoms with Crippen molar-refractivity contribution in [3.63, 3.8) is 0 Å². The van der Waals surface area contributed by atoms with E-state index in [0.29, 0.717) is 29.5 Å². The van der Waals surface area contributed by atoms with Gasteiger partial charge in [-0.15, -0.1) is 0 Å². The van der Waals surface area contributed by atoms with Gasteiger partial charge in [0.2, 0.25) is 5.95 Å². The number of nitrogens with zero attached hydrogens (tertiary/aromatic N) is 3. The van der Waals surface area contributed by atoms with Crippen molar-refractivity contribution in [2.75, 3.05) is 16.8 Å². The van der Waals surface area contributed by atoms with E-state index < -0.39 is 0 Å². The molecule has 7 nitrogen and oxygen atoms in total. The number of rotatable bonds is 9. The van der Waals surface area contributed by atoms with Gasteiger partial charge in [0.1, 0.15) is 17.7 Å². The van der Waals surface area contributed by atoms with Crippen molar-refractivity contribution in [2.24, 2.45) is 0 Å². The molecule has 2 aromatic rings. The molecule has 1 saturated carbocycles. The van der Waals surface area contributed by atoms with Gasteiger partial charge in [0.15, 0.2) is 5.88 Å². The number of unbranched alkanes of at least 4 members (excludes halogenated alkanes) is 1. The maximum Gasteiger partial charge on any atom is 0.224 e. The molecule has 1 aromatic heterocycles.